The molecule has 0 N–H and O–H groups in total. The third-order valence-electron chi connectivity index (χ3n) is 3.75. The van der Waals surface area contributed by atoms with Gasteiger partial charge in [-0.15, -0.1) is 11.8 Å². The van der Waals surface area contributed by atoms with Crippen LogP contribution in [0.25, 0.3) is 0 Å². The molecule has 0 unspecified atom stereocenters. The topological polar surface area (TPSA) is 63.5 Å². The predicted octanol–water partition coefficient (Wildman–Crippen LogP) is 3.99. The summed E-state index contributed by atoms with van der Waals surface area (Å²) >= 11 is 1.42. The van der Waals surface area contributed by atoms with Gasteiger partial charge >= 0.3 is 0 Å². The molecule has 1 heterocycles. The van der Waals surface area contributed by atoms with Crippen molar-refractivity contribution in [2.45, 2.75) is 19.2 Å². The number of aryl methyl sites for hydroxylation is 2. The van der Waals surface area contributed by atoms with Crippen LogP contribution in [0.2, 0.25) is 0 Å². The average molecular weight is 328 g/mol. The summed E-state index contributed by atoms with van der Waals surface area (Å²) in [6.07, 6.45) is 0. The molecular formula is C17H16N2O3S. The summed E-state index contributed by atoms with van der Waals surface area (Å²) in [5.74, 6) is 0.298. The Bertz CT molecular complexity index is 771. The number of nitro benzene ring substituents is 1. The number of rotatable bonds is 3. The van der Waals surface area contributed by atoms with Crippen molar-refractivity contribution in [2.24, 2.45) is 0 Å². The van der Waals surface area contributed by atoms with Crippen molar-refractivity contribution in [1.29, 1.82) is 0 Å². The van der Waals surface area contributed by atoms with Crippen molar-refractivity contribution in [3.8, 4) is 0 Å². The zero-order valence-electron chi connectivity index (χ0n) is 12.9. The second-order valence-corrected chi connectivity index (χ2v) is 6.66. The molecule has 0 bridgehead atoms. The fraction of sp³-hybridized carbons (Fsp3) is 0.235. The van der Waals surface area contributed by atoms with Gasteiger partial charge in [0.25, 0.3) is 5.69 Å². The standard InChI is InChI=1S/C17H16N2O3S/c1-11-7-12(2)9-13(8-11)18-16(20)10-23-17(18)14-5-3-4-6-15(14)19(21)22/h3-9,17H,10H2,1-2H3/t17-/m1/s1. The van der Waals surface area contributed by atoms with Gasteiger partial charge in [0, 0.05) is 11.8 Å². The van der Waals surface area contributed by atoms with E-state index in [4.69, 9.17) is 0 Å². The molecular weight excluding hydrogens is 312 g/mol. The molecule has 1 amide bonds. The minimum Gasteiger partial charge on any atom is -0.295 e. The first-order chi connectivity index (χ1) is 11.0. The van der Waals surface area contributed by atoms with E-state index in [2.05, 4.69) is 0 Å². The SMILES string of the molecule is Cc1cc(C)cc(N2C(=O)CS[C@@H]2c2ccccc2[N+](=O)[O-])c1. The van der Waals surface area contributed by atoms with Gasteiger partial charge < -0.3 is 0 Å². The average Bonchev–Trinajstić information content (AvgIpc) is 2.87. The largest absolute Gasteiger partial charge is 0.295 e. The summed E-state index contributed by atoms with van der Waals surface area (Å²) in [4.78, 5) is 25.0. The number of nitrogens with zero attached hydrogens (tertiary/aromatic N) is 2. The predicted molar refractivity (Wildman–Crippen MR) is 91.7 cm³/mol. The van der Waals surface area contributed by atoms with Gasteiger partial charge in [-0.25, -0.2) is 0 Å². The van der Waals surface area contributed by atoms with Crippen molar-refractivity contribution >= 4 is 29.0 Å². The molecule has 5 nitrogen and oxygen atoms in total. The second-order valence-electron chi connectivity index (χ2n) is 5.59. The first-order valence-electron chi connectivity index (χ1n) is 7.22. The van der Waals surface area contributed by atoms with Crippen LogP contribution < -0.4 is 4.90 Å². The molecule has 0 aliphatic carbocycles. The Balaban J connectivity index is 2.09. The zero-order valence-corrected chi connectivity index (χ0v) is 13.7. The van der Waals surface area contributed by atoms with E-state index in [1.165, 1.54) is 17.8 Å². The summed E-state index contributed by atoms with van der Waals surface area (Å²) < 4.78 is 0. The summed E-state index contributed by atoms with van der Waals surface area (Å²) in [5, 5.41) is 10.9. The number of hydrogen-bond donors (Lipinski definition) is 0. The highest BCUT2D eigenvalue weighted by Crippen LogP contribution is 2.44. The minimum atomic E-state index is -0.391. The number of hydrogen-bond acceptors (Lipinski definition) is 4. The molecule has 2 aromatic carbocycles. The van der Waals surface area contributed by atoms with Gasteiger partial charge in [0.05, 0.1) is 16.2 Å². The van der Waals surface area contributed by atoms with E-state index in [-0.39, 0.29) is 17.0 Å². The molecule has 0 spiro atoms. The van der Waals surface area contributed by atoms with E-state index in [0.29, 0.717) is 11.3 Å². The third kappa shape index (κ3) is 2.94. The Hall–Kier alpha value is -2.34. The highest BCUT2D eigenvalue weighted by molar-refractivity contribution is 8.00. The summed E-state index contributed by atoms with van der Waals surface area (Å²) in [6, 6.07) is 12.5. The zero-order chi connectivity index (χ0) is 16.6. The number of amides is 1. The van der Waals surface area contributed by atoms with Crippen LogP contribution in [0.3, 0.4) is 0 Å². The van der Waals surface area contributed by atoms with Crippen molar-refractivity contribution < 1.29 is 9.72 Å². The quantitative estimate of drug-likeness (QED) is 0.631. The highest BCUT2D eigenvalue weighted by Gasteiger charge is 2.37. The first-order valence-corrected chi connectivity index (χ1v) is 8.27. The monoisotopic (exact) mass is 328 g/mol. The number of benzene rings is 2. The Morgan fingerprint density at radius 1 is 1.17 bits per heavy atom. The van der Waals surface area contributed by atoms with Crippen molar-refractivity contribution in [1.82, 2.24) is 0 Å². The van der Waals surface area contributed by atoms with Crippen molar-refractivity contribution in [3.63, 3.8) is 0 Å². The molecule has 23 heavy (non-hydrogen) atoms. The Morgan fingerprint density at radius 2 is 1.83 bits per heavy atom. The molecule has 0 radical (unpaired) electrons. The van der Waals surface area contributed by atoms with E-state index in [9.17, 15) is 14.9 Å². The maximum atomic E-state index is 12.4. The molecule has 1 aliphatic rings. The third-order valence-corrected chi connectivity index (χ3v) is 4.95. The molecule has 1 aliphatic heterocycles. The van der Waals surface area contributed by atoms with Gasteiger partial charge in [-0.3, -0.25) is 19.8 Å². The normalized spacial score (nSPS) is 17.6. The van der Waals surface area contributed by atoms with Crippen molar-refractivity contribution in [3.05, 3.63) is 69.3 Å². The number of para-hydroxylation sites is 1. The van der Waals surface area contributed by atoms with E-state index >= 15 is 0 Å². The summed E-state index contributed by atoms with van der Waals surface area (Å²) in [7, 11) is 0. The first kappa shape index (κ1) is 15.6. The van der Waals surface area contributed by atoms with Gasteiger partial charge in [0.2, 0.25) is 5.91 Å². The molecule has 118 valence electrons. The van der Waals surface area contributed by atoms with Gasteiger partial charge in [-0.2, -0.15) is 0 Å². The van der Waals surface area contributed by atoms with Crippen LogP contribution in [-0.2, 0) is 4.79 Å². The van der Waals surface area contributed by atoms with Crippen LogP contribution in [0.4, 0.5) is 11.4 Å². The number of anilines is 1. The van der Waals surface area contributed by atoms with Crippen LogP contribution in [0.5, 0.6) is 0 Å². The lowest BCUT2D eigenvalue weighted by Crippen LogP contribution is -2.28. The number of carbonyl (C=O) groups is 1. The molecule has 6 heteroatoms. The van der Waals surface area contributed by atoms with E-state index < -0.39 is 4.92 Å². The van der Waals surface area contributed by atoms with E-state index in [1.807, 2.05) is 32.0 Å². The number of thioether (sulfide) groups is 1. The Labute approximate surface area is 138 Å². The van der Waals surface area contributed by atoms with Crippen LogP contribution >= 0.6 is 11.8 Å². The Morgan fingerprint density at radius 3 is 2.48 bits per heavy atom. The molecule has 1 fully saturated rings. The molecule has 1 saturated heterocycles. The second kappa shape index (κ2) is 6.04. The van der Waals surface area contributed by atoms with Crippen LogP contribution in [0, 0.1) is 24.0 Å². The van der Waals surface area contributed by atoms with E-state index in [0.717, 1.165) is 16.8 Å². The van der Waals surface area contributed by atoms with Crippen LogP contribution in [0.15, 0.2) is 42.5 Å². The van der Waals surface area contributed by atoms with Crippen LogP contribution in [0.1, 0.15) is 22.1 Å². The lowest BCUT2D eigenvalue weighted by Gasteiger charge is -2.25. The van der Waals surface area contributed by atoms with Gasteiger partial charge in [-0.05, 0) is 43.2 Å². The lowest BCUT2D eigenvalue weighted by atomic mass is 10.1. The molecule has 2 aromatic rings. The van der Waals surface area contributed by atoms with Crippen LogP contribution in [-0.4, -0.2) is 16.6 Å². The summed E-state index contributed by atoms with van der Waals surface area (Å²) in [5.41, 5.74) is 3.53. The van der Waals surface area contributed by atoms with Crippen molar-refractivity contribution in [2.75, 3.05) is 10.7 Å². The number of nitro groups is 1. The lowest BCUT2D eigenvalue weighted by molar-refractivity contribution is -0.385. The maximum Gasteiger partial charge on any atom is 0.275 e. The molecule has 3 rings (SSSR count). The summed E-state index contributed by atoms with van der Waals surface area (Å²) in [6.45, 7) is 3.95. The molecule has 0 aromatic heterocycles. The Kier molecular flexibility index (Phi) is 4.09. The molecule has 1 atom stereocenters. The number of carbonyl (C=O) groups excluding carboxylic acids is 1. The maximum absolute atomic E-state index is 12.4. The van der Waals surface area contributed by atoms with Gasteiger partial charge in [0.15, 0.2) is 0 Å². The fourth-order valence-corrected chi connectivity index (χ4v) is 4.09. The highest BCUT2D eigenvalue weighted by atomic mass is 32.2. The van der Waals surface area contributed by atoms with E-state index in [1.54, 1.807) is 23.1 Å². The molecule has 0 saturated carbocycles. The van der Waals surface area contributed by atoms with Gasteiger partial charge in [0.1, 0.15) is 5.37 Å². The minimum absolute atomic E-state index is 0.0249. The fourth-order valence-electron chi connectivity index (χ4n) is 2.89. The van der Waals surface area contributed by atoms with Gasteiger partial charge in [-0.1, -0.05) is 18.2 Å². The smallest absolute Gasteiger partial charge is 0.275 e.